The lowest BCUT2D eigenvalue weighted by Gasteiger charge is -2.17. The Bertz CT molecular complexity index is 320. The van der Waals surface area contributed by atoms with Crippen molar-refractivity contribution >= 4 is 0 Å². The highest BCUT2D eigenvalue weighted by molar-refractivity contribution is 5.29. The van der Waals surface area contributed by atoms with E-state index in [1.54, 1.807) is 13.3 Å². The molecule has 1 unspecified atom stereocenters. The van der Waals surface area contributed by atoms with Crippen LogP contribution in [0.15, 0.2) is 18.3 Å². The number of hydrogen-bond acceptors (Lipinski definition) is 5. The van der Waals surface area contributed by atoms with E-state index in [9.17, 15) is 0 Å². The molecule has 96 valence electrons. The topological polar surface area (TPSA) is 69.4 Å². The van der Waals surface area contributed by atoms with Crippen molar-refractivity contribution in [3.63, 3.8) is 0 Å². The van der Waals surface area contributed by atoms with E-state index in [0.29, 0.717) is 6.61 Å². The molecule has 1 aromatic heterocycles. The summed E-state index contributed by atoms with van der Waals surface area (Å²) in [5.74, 6) is 6.28. The first-order chi connectivity index (χ1) is 8.33. The third-order valence-electron chi connectivity index (χ3n) is 2.45. The minimum atomic E-state index is -0.0528. The first kappa shape index (κ1) is 13.9. The van der Waals surface area contributed by atoms with Crippen LogP contribution in [0.4, 0.5) is 0 Å². The van der Waals surface area contributed by atoms with Gasteiger partial charge in [-0.1, -0.05) is 6.92 Å². The van der Waals surface area contributed by atoms with Crippen LogP contribution in [-0.2, 0) is 4.74 Å². The zero-order chi connectivity index (χ0) is 12.5. The monoisotopic (exact) mass is 239 g/mol. The number of hydrogen-bond donors (Lipinski definition) is 2. The van der Waals surface area contributed by atoms with Gasteiger partial charge in [0.1, 0.15) is 11.4 Å². The zero-order valence-corrected chi connectivity index (χ0v) is 10.5. The molecule has 0 spiro atoms. The van der Waals surface area contributed by atoms with Crippen LogP contribution in [0.2, 0.25) is 0 Å². The highest BCUT2D eigenvalue weighted by Crippen LogP contribution is 2.23. The summed E-state index contributed by atoms with van der Waals surface area (Å²) >= 11 is 0. The summed E-state index contributed by atoms with van der Waals surface area (Å²) in [6.45, 7) is 3.51. The van der Waals surface area contributed by atoms with Crippen molar-refractivity contribution in [2.24, 2.45) is 5.84 Å². The van der Waals surface area contributed by atoms with Crippen molar-refractivity contribution in [3.05, 3.63) is 24.0 Å². The molecule has 0 amide bonds. The molecule has 1 aromatic rings. The molecular formula is C12H21N3O2. The van der Waals surface area contributed by atoms with E-state index >= 15 is 0 Å². The summed E-state index contributed by atoms with van der Waals surface area (Å²) < 4.78 is 10.7. The number of aromatic nitrogens is 1. The van der Waals surface area contributed by atoms with Crippen molar-refractivity contribution in [2.45, 2.75) is 25.8 Å². The summed E-state index contributed by atoms with van der Waals surface area (Å²) in [7, 11) is 1.63. The number of hydrazine groups is 1. The van der Waals surface area contributed by atoms with E-state index in [0.717, 1.165) is 30.9 Å². The minimum absolute atomic E-state index is 0.0528. The van der Waals surface area contributed by atoms with Crippen LogP contribution < -0.4 is 16.0 Å². The van der Waals surface area contributed by atoms with Gasteiger partial charge in [-0.2, -0.15) is 0 Å². The normalized spacial score (nSPS) is 12.4. The standard InChI is InChI=1S/C12H21N3O2/c1-3-8-17-9-6-10(15-13)12-11(16-2)5-4-7-14-12/h4-5,7,10,15H,3,6,8-9,13H2,1-2H3. The summed E-state index contributed by atoms with van der Waals surface area (Å²) in [5, 5.41) is 0. The van der Waals surface area contributed by atoms with Gasteiger partial charge in [-0.05, 0) is 25.0 Å². The van der Waals surface area contributed by atoms with Gasteiger partial charge < -0.3 is 9.47 Å². The number of nitrogens with one attached hydrogen (secondary N) is 1. The Morgan fingerprint density at radius 1 is 1.47 bits per heavy atom. The molecule has 1 atom stereocenters. The number of nitrogens with zero attached hydrogens (tertiary/aromatic N) is 1. The Morgan fingerprint density at radius 3 is 2.94 bits per heavy atom. The SMILES string of the molecule is CCCOCCC(NN)c1ncccc1OC. The zero-order valence-electron chi connectivity index (χ0n) is 10.5. The third kappa shape index (κ3) is 4.30. The number of methoxy groups -OCH3 is 1. The number of nitrogens with two attached hydrogens (primary N) is 1. The van der Waals surface area contributed by atoms with Crippen LogP contribution >= 0.6 is 0 Å². The van der Waals surface area contributed by atoms with Gasteiger partial charge in [-0.25, -0.2) is 0 Å². The van der Waals surface area contributed by atoms with Gasteiger partial charge >= 0.3 is 0 Å². The number of pyridine rings is 1. The third-order valence-corrected chi connectivity index (χ3v) is 2.45. The Balaban J connectivity index is 2.59. The lowest BCUT2D eigenvalue weighted by Crippen LogP contribution is -2.30. The number of ether oxygens (including phenoxy) is 2. The molecular weight excluding hydrogens is 218 g/mol. The molecule has 0 bridgehead atoms. The van der Waals surface area contributed by atoms with Gasteiger partial charge in [0.15, 0.2) is 0 Å². The maximum Gasteiger partial charge on any atom is 0.142 e. The highest BCUT2D eigenvalue weighted by Gasteiger charge is 2.15. The Kier molecular flexibility index (Phi) is 6.54. The second-order valence-corrected chi connectivity index (χ2v) is 3.71. The Morgan fingerprint density at radius 2 is 2.29 bits per heavy atom. The molecule has 1 heterocycles. The maximum absolute atomic E-state index is 5.54. The molecule has 5 heteroatoms. The highest BCUT2D eigenvalue weighted by atomic mass is 16.5. The van der Waals surface area contributed by atoms with Crippen LogP contribution in [0, 0.1) is 0 Å². The minimum Gasteiger partial charge on any atom is -0.495 e. The van der Waals surface area contributed by atoms with E-state index in [1.807, 2.05) is 12.1 Å². The fraction of sp³-hybridized carbons (Fsp3) is 0.583. The smallest absolute Gasteiger partial charge is 0.142 e. The average molecular weight is 239 g/mol. The van der Waals surface area contributed by atoms with Crippen molar-refractivity contribution in [2.75, 3.05) is 20.3 Å². The summed E-state index contributed by atoms with van der Waals surface area (Å²) in [5.41, 5.74) is 3.56. The summed E-state index contributed by atoms with van der Waals surface area (Å²) in [6, 6.07) is 3.66. The molecule has 0 aliphatic heterocycles. The van der Waals surface area contributed by atoms with Gasteiger partial charge in [0, 0.05) is 19.4 Å². The first-order valence-corrected chi connectivity index (χ1v) is 5.86. The van der Waals surface area contributed by atoms with Crippen LogP contribution in [-0.4, -0.2) is 25.3 Å². The van der Waals surface area contributed by atoms with Gasteiger partial charge in [0.2, 0.25) is 0 Å². The number of rotatable bonds is 8. The second kappa shape index (κ2) is 8.00. The fourth-order valence-corrected chi connectivity index (χ4v) is 1.58. The maximum atomic E-state index is 5.54. The molecule has 0 radical (unpaired) electrons. The van der Waals surface area contributed by atoms with Crippen LogP contribution in [0.1, 0.15) is 31.5 Å². The predicted molar refractivity (Wildman–Crippen MR) is 66.6 cm³/mol. The quantitative estimate of drug-likeness (QED) is 0.408. The van der Waals surface area contributed by atoms with Crippen LogP contribution in [0.3, 0.4) is 0 Å². The van der Waals surface area contributed by atoms with E-state index in [4.69, 9.17) is 15.3 Å². The fourth-order valence-electron chi connectivity index (χ4n) is 1.58. The molecule has 0 saturated heterocycles. The molecule has 1 rings (SSSR count). The Labute approximate surface area is 102 Å². The molecule has 17 heavy (non-hydrogen) atoms. The van der Waals surface area contributed by atoms with Crippen LogP contribution in [0.25, 0.3) is 0 Å². The molecule has 3 N–H and O–H groups in total. The second-order valence-electron chi connectivity index (χ2n) is 3.71. The van der Waals surface area contributed by atoms with Gasteiger partial charge in [0.05, 0.1) is 13.2 Å². The van der Waals surface area contributed by atoms with Gasteiger partial charge in [0.25, 0.3) is 0 Å². The van der Waals surface area contributed by atoms with Crippen molar-refractivity contribution < 1.29 is 9.47 Å². The van der Waals surface area contributed by atoms with Crippen molar-refractivity contribution in [1.29, 1.82) is 0 Å². The average Bonchev–Trinajstić information content (AvgIpc) is 2.39. The summed E-state index contributed by atoms with van der Waals surface area (Å²) in [4.78, 5) is 4.30. The van der Waals surface area contributed by atoms with E-state index < -0.39 is 0 Å². The Hall–Kier alpha value is -1.17. The molecule has 0 aliphatic carbocycles. The van der Waals surface area contributed by atoms with Crippen LogP contribution in [0.5, 0.6) is 5.75 Å². The van der Waals surface area contributed by atoms with E-state index in [-0.39, 0.29) is 6.04 Å². The van der Waals surface area contributed by atoms with Crippen molar-refractivity contribution in [3.8, 4) is 5.75 Å². The summed E-state index contributed by atoms with van der Waals surface area (Å²) in [6.07, 6.45) is 3.52. The first-order valence-electron chi connectivity index (χ1n) is 5.86. The van der Waals surface area contributed by atoms with Crippen molar-refractivity contribution in [1.82, 2.24) is 10.4 Å². The molecule has 0 aliphatic rings. The molecule has 0 aromatic carbocycles. The molecule has 0 fully saturated rings. The van der Waals surface area contributed by atoms with E-state index in [2.05, 4.69) is 17.3 Å². The molecule has 5 nitrogen and oxygen atoms in total. The van der Waals surface area contributed by atoms with E-state index in [1.165, 1.54) is 0 Å². The lowest BCUT2D eigenvalue weighted by atomic mass is 10.1. The molecule has 0 saturated carbocycles. The predicted octanol–water partition coefficient (Wildman–Crippen LogP) is 1.41. The lowest BCUT2D eigenvalue weighted by molar-refractivity contribution is 0.124. The largest absolute Gasteiger partial charge is 0.495 e. The van der Waals surface area contributed by atoms with Gasteiger partial charge in [-0.15, -0.1) is 0 Å². The van der Waals surface area contributed by atoms with Gasteiger partial charge in [-0.3, -0.25) is 16.3 Å².